The molecule has 0 radical (unpaired) electrons. The van der Waals surface area contributed by atoms with Crippen LogP contribution in [0.4, 0.5) is 0 Å². The number of nitriles is 1. The van der Waals surface area contributed by atoms with Crippen molar-refractivity contribution in [1.82, 2.24) is 0 Å². The molecule has 0 rings (SSSR count). The zero-order valence-electron chi connectivity index (χ0n) is 8.33. The van der Waals surface area contributed by atoms with Crippen LogP contribution >= 0.6 is 0 Å². The van der Waals surface area contributed by atoms with E-state index in [1.807, 2.05) is 6.07 Å². The number of rotatable bonds is 4. The van der Waals surface area contributed by atoms with Gasteiger partial charge >= 0.3 is 5.97 Å². The van der Waals surface area contributed by atoms with Crippen LogP contribution in [0.2, 0.25) is 0 Å². The Balaban J connectivity index is 4.11. The molecule has 0 saturated heterocycles. The second kappa shape index (κ2) is 6.24. The largest absolute Gasteiger partial charge is 0.469 e. The van der Waals surface area contributed by atoms with Gasteiger partial charge < -0.3 is 4.74 Å². The number of hydrogen-bond acceptors (Lipinski definition) is 3. The molecule has 0 spiro atoms. The van der Waals surface area contributed by atoms with Crippen molar-refractivity contribution >= 4 is 5.97 Å². The van der Waals surface area contributed by atoms with Gasteiger partial charge in [0.05, 0.1) is 19.6 Å². The van der Waals surface area contributed by atoms with E-state index >= 15 is 0 Å². The fourth-order valence-corrected chi connectivity index (χ4v) is 0.763. The van der Waals surface area contributed by atoms with Gasteiger partial charge in [-0.05, 0) is 12.3 Å². The lowest BCUT2D eigenvalue weighted by Crippen LogP contribution is -2.01. The molecule has 0 aromatic rings. The number of ether oxygens (including phenoxy) is 1. The predicted octanol–water partition coefficient (Wildman–Crippen LogP) is 2.05. The summed E-state index contributed by atoms with van der Waals surface area (Å²) in [6, 6.07) is 1.98. The summed E-state index contributed by atoms with van der Waals surface area (Å²) in [4.78, 5) is 10.8. The maximum atomic E-state index is 10.8. The van der Waals surface area contributed by atoms with Gasteiger partial charge in [0.15, 0.2) is 0 Å². The van der Waals surface area contributed by atoms with Gasteiger partial charge in [-0.2, -0.15) is 5.26 Å². The van der Waals surface area contributed by atoms with Crippen LogP contribution in [0.25, 0.3) is 0 Å². The Kier molecular flexibility index (Phi) is 5.62. The van der Waals surface area contributed by atoms with Crippen LogP contribution in [0.5, 0.6) is 0 Å². The number of nitrogens with zero attached hydrogens (tertiary/aromatic N) is 1. The second-order valence-corrected chi connectivity index (χ2v) is 3.22. The van der Waals surface area contributed by atoms with Gasteiger partial charge in [0, 0.05) is 5.57 Å². The number of methoxy groups -OCH3 is 1. The minimum atomic E-state index is -0.364. The fourth-order valence-electron chi connectivity index (χ4n) is 0.763. The lowest BCUT2D eigenvalue weighted by atomic mass is 10.1. The summed E-state index contributed by atoms with van der Waals surface area (Å²) in [7, 11) is 1.32. The summed E-state index contributed by atoms with van der Waals surface area (Å²) in [5.41, 5.74) is 0.487. The molecule has 0 saturated carbocycles. The quantitative estimate of drug-likeness (QED) is 0.492. The first-order valence-corrected chi connectivity index (χ1v) is 4.26. The van der Waals surface area contributed by atoms with Crippen LogP contribution in [0.3, 0.4) is 0 Å². The van der Waals surface area contributed by atoms with Crippen molar-refractivity contribution in [3.8, 4) is 6.07 Å². The first kappa shape index (κ1) is 11.7. The number of carbonyl (C=O) groups excluding carboxylic acids is 1. The summed E-state index contributed by atoms with van der Waals surface area (Å²) in [5, 5.41) is 8.66. The topological polar surface area (TPSA) is 50.1 Å². The molecule has 0 unspecified atom stereocenters. The molecule has 0 bridgehead atoms. The minimum absolute atomic E-state index is 0.0831. The van der Waals surface area contributed by atoms with E-state index in [0.717, 1.165) is 6.42 Å². The summed E-state index contributed by atoms with van der Waals surface area (Å²) in [5.74, 6) is 0.137. The summed E-state index contributed by atoms with van der Waals surface area (Å²) in [6.07, 6.45) is 2.70. The van der Waals surface area contributed by atoms with Crippen molar-refractivity contribution in [2.75, 3.05) is 7.11 Å². The Morgan fingerprint density at radius 2 is 2.23 bits per heavy atom. The third-order valence-electron chi connectivity index (χ3n) is 1.54. The van der Waals surface area contributed by atoms with E-state index in [9.17, 15) is 4.79 Å². The van der Waals surface area contributed by atoms with Crippen molar-refractivity contribution in [3.05, 3.63) is 11.6 Å². The van der Waals surface area contributed by atoms with Crippen LogP contribution < -0.4 is 0 Å². The maximum Gasteiger partial charge on any atom is 0.310 e. The number of esters is 1. The maximum absolute atomic E-state index is 10.8. The smallest absolute Gasteiger partial charge is 0.310 e. The Labute approximate surface area is 79.0 Å². The fraction of sp³-hybridized carbons (Fsp3) is 0.600. The van der Waals surface area contributed by atoms with Crippen LogP contribution in [-0.4, -0.2) is 13.1 Å². The average molecular weight is 181 g/mol. The molecular weight excluding hydrogens is 166 g/mol. The van der Waals surface area contributed by atoms with Gasteiger partial charge in [-0.3, -0.25) is 4.79 Å². The summed E-state index contributed by atoms with van der Waals surface area (Å²) in [6.45, 7) is 4.12. The van der Waals surface area contributed by atoms with E-state index in [1.54, 1.807) is 6.08 Å². The minimum Gasteiger partial charge on any atom is -0.469 e. The number of allylic oxidation sites excluding steroid dienone is 1. The molecule has 13 heavy (non-hydrogen) atoms. The molecule has 0 heterocycles. The number of hydrogen-bond donors (Lipinski definition) is 0. The van der Waals surface area contributed by atoms with E-state index in [0.29, 0.717) is 11.5 Å². The van der Waals surface area contributed by atoms with Crippen LogP contribution in [0.1, 0.15) is 26.7 Å². The molecule has 0 aliphatic carbocycles. The van der Waals surface area contributed by atoms with E-state index in [1.165, 1.54) is 7.11 Å². The van der Waals surface area contributed by atoms with Crippen molar-refractivity contribution in [2.45, 2.75) is 26.7 Å². The summed E-state index contributed by atoms with van der Waals surface area (Å²) >= 11 is 0. The Bertz CT molecular complexity index is 236. The first-order valence-electron chi connectivity index (χ1n) is 4.26. The van der Waals surface area contributed by atoms with E-state index < -0.39 is 0 Å². The number of carbonyl (C=O) groups is 1. The molecule has 0 aliphatic heterocycles. The SMILES string of the molecule is COC(=O)C/C(C#N)=C/CC(C)C. The zero-order valence-corrected chi connectivity index (χ0v) is 8.33. The van der Waals surface area contributed by atoms with Crippen molar-refractivity contribution in [1.29, 1.82) is 5.26 Å². The molecule has 0 atom stereocenters. The lowest BCUT2D eigenvalue weighted by molar-refractivity contribution is -0.139. The molecule has 0 amide bonds. The molecule has 3 nitrogen and oxygen atoms in total. The molecule has 0 aromatic heterocycles. The predicted molar refractivity (Wildman–Crippen MR) is 49.8 cm³/mol. The molecule has 3 heteroatoms. The van der Waals surface area contributed by atoms with E-state index in [2.05, 4.69) is 18.6 Å². The molecule has 72 valence electrons. The van der Waals surface area contributed by atoms with Crippen LogP contribution in [0, 0.1) is 17.2 Å². The van der Waals surface area contributed by atoms with Crippen molar-refractivity contribution in [3.63, 3.8) is 0 Å². The Hall–Kier alpha value is -1.30. The third-order valence-corrected chi connectivity index (χ3v) is 1.54. The van der Waals surface area contributed by atoms with Gasteiger partial charge in [-0.15, -0.1) is 0 Å². The van der Waals surface area contributed by atoms with Crippen LogP contribution in [0.15, 0.2) is 11.6 Å². The standard InChI is InChI=1S/C10H15NO2/c1-8(2)4-5-9(7-11)6-10(12)13-3/h5,8H,4,6H2,1-3H3/b9-5-. The van der Waals surface area contributed by atoms with E-state index in [-0.39, 0.29) is 12.4 Å². The highest BCUT2D eigenvalue weighted by Crippen LogP contribution is 2.07. The molecule has 0 N–H and O–H groups in total. The third kappa shape index (κ3) is 5.92. The normalized spacial score (nSPS) is 11.2. The molecular formula is C10H15NO2. The second-order valence-electron chi connectivity index (χ2n) is 3.22. The van der Waals surface area contributed by atoms with Gasteiger partial charge in [0.2, 0.25) is 0 Å². The van der Waals surface area contributed by atoms with E-state index in [4.69, 9.17) is 5.26 Å². The molecule has 0 fully saturated rings. The van der Waals surface area contributed by atoms with Crippen LogP contribution in [-0.2, 0) is 9.53 Å². The van der Waals surface area contributed by atoms with Crippen molar-refractivity contribution in [2.24, 2.45) is 5.92 Å². The van der Waals surface area contributed by atoms with Gasteiger partial charge in [-0.1, -0.05) is 19.9 Å². The lowest BCUT2D eigenvalue weighted by Gasteiger charge is -2.00. The Morgan fingerprint density at radius 1 is 1.62 bits per heavy atom. The molecule has 0 aromatic carbocycles. The summed E-state index contributed by atoms with van der Waals surface area (Å²) < 4.78 is 4.46. The van der Waals surface area contributed by atoms with Gasteiger partial charge in [-0.25, -0.2) is 0 Å². The highest BCUT2D eigenvalue weighted by molar-refractivity contribution is 5.73. The van der Waals surface area contributed by atoms with Gasteiger partial charge in [0.25, 0.3) is 0 Å². The highest BCUT2D eigenvalue weighted by atomic mass is 16.5. The zero-order chi connectivity index (χ0) is 10.3. The van der Waals surface area contributed by atoms with Gasteiger partial charge in [0.1, 0.15) is 0 Å². The Morgan fingerprint density at radius 3 is 2.62 bits per heavy atom. The average Bonchev–Trinajstić information content (AvgIpc) is 2.11. The monoisotopic (exact) mass is 181 g/mol. The van der Waals surface area contributed by atoms with Crippen molar-refractivity contribution < 1.29 is 9.53 Å². The first-order chi connectivity index (χ1) is 6.10. The molecule has 0 aliphatic rings. The highest BCUT2D eigenvalue weighted by Gasteiger charge is 2.04.